The third-order valence-electron chi connectivity index (χ3n) is 1.64. The lowest BCUT2D eigenvalue weighted by atomic mass is 10.3. The number of rotatable bonds is 4. The van der Waals surface area contributed by atoms with Crippen LogP contribution in [-0.4, -0.2) is 22.8 Å². The van der Waals surface area contributed by atoms with Gasteiger partial charge in [0.25, 0.3) is 0 Å². The minimum atomic E-state index is -0.909. The summed E-state index contributed by atoms with van der Waals surface area (Å²) in [5, 5.41) is 2.74. The van der Waals surface area contributed by atoms with Crippen LogP contribution in [0.2, 0.25) is 0 Å². The first-order valence-electron chi connectivity index (χ1n) is 4.08. The second kappa shape index (κ2) is 5.05. The molecule has 0 fully saturated rings. The molecule has 0 radical (unpaired) electrons. The van der Waals surface area contributed by atoms with Crippen molar-refractivity contribution in [3.8, 4) is 0 Å². The molecule has 0 spiro atoms. The molecule has 0 amide bonds. The first-order chi connectivity index (χ1) is 6.59. The monoisotopic (exact) mass is 219 g/mol. The maximum atomic E-state index is 13.0. The van der Waals surface area contributed by atoms with Crippen LogP contribution in [0, 0.1) is 11.6 Å². The van der Waals surface area contributed by atoms with Crippen molar-refractivity contribution >= 4 is 16.5 Å². The predicted octanol–water partition coefficient (Wildman–Crippen LogP) is 1.76. The molecule has 0 aliphatic heterocycles. The van der Waals surface area contributed by atoms with Crippen molar-refractivity contribution in [2.75, 3.05) is 23.9 Å². The van der Waals surface area contributed by atoms with Crippen molar-refractivity contribution in [2.45, 2.75) is 0 Å². The molecule has 1 aromatic carbocycles. The Morgan fingerprint density at radius 3 is 2.71 bits per heavy atom. The lowest BCUT2D eigenvalue weighted by Crippen LogP contribution is -2.10. The van der Waals surface area contributed by atoms with E-state index in [-0.39, 0.29) is 5.69 Å². The van der Waals surface area contributed by atoms with Gasteiger partial charge in [-0.3, -0.25) is 4.21 Å². The molecule has 0 saturated carbocycles. The van der Waals surface area contributed by atoms with Crippen LogP contribution in [0.15, 0.2) is 18.2 Å². The summed E-state index contributed by atoms with van der Waals surface area (Å²) >= 11 is 0. The molecule has 0 aliphatic rings. The second-order valence-electron chi connectivity index (χ2n) is 2.83. The molecule has 2 nitrogen and oxygen atoms in total. The number of halogens is 2. The minimum Gasteiger partial charge on any atom is -0.382 e. The third kappa shape index (κ3) is 3.41. The minimum absolute atomic E-state index is 0.233. The van der Waals surface area contributed by atoms with Crippen molar-refractivity contribution in [3.05, 3.63) is 29.8 Å². The van der Waals surface area contributed by atoms with E-state index in [1.165, 1.54) is 12.1 Å². The Balaban J connectivity index is 2.55. The summed E-state index contributed by atoms with van der Waals surface area (Å²) in [7, 11) is -0.909. The van der Waals surface area contributed by atoms with Gasteiger partial charge in [-0.2, -0.15) is 0 Å². The number of hydrogen-bond donors (Lipinski definition) is 1. The molecule has 1 aromatic rings. The fourth-order valence-corrected chi connectivity index (χ4v) is 1.35. The fraction of sp³-hybridized carbons (Fsp3) is 0.333. The van der Waals surface area contributed by atoms with Crippen molar-refractivity contribution in [3.63, 3.8) is 0 Å². The zero-order valence-corrected chi connectivity index (χ0v) is 8.54. The van der Waals surface area contributed by atoms with Gasteiger partial charge in [0.05, 0.1) is 5.69 Å². The molecule has 1 rings (SSSR count). The van der Waals surface area contributed by atoms with Gasteiger partial charge < -0.3 is 5.32 Å². The van der Waals surface area contributed by atoms with Crippen molar-refractivity contribution in [1.82, 2.24) is 0 Å². The smallest absolute Gasteiger partial charge is 0.149 e. The van der Waals surface area contributed by atoms with Crippen molar-refractivity contribution in [2.24, 2.45) is 0 Å². The Morgan fingerprint density at radius 1 is 1.43 bits per heavy atom. The van der Waals surface area contributed by atoms with E-state index in [0.29, 0.717) is 12.3 Å². The average molecular weight is 219 g/mol. The van der Waals surface area contributed by atoms with E-state index in [4.69, 9.17) is 0 Å². The number of hydrogen-bond acceptors (Lipinski definition) is 2. The first-order valence-corrected chi connectivity index (χ1v) is 5.81. The normalized spacial score (nSPS) is 12.5. The highest BCUT2D eigenvalue weighted by molar-refractivity contribution is 7.84. The maximum absolute atomic E-state index is 13.0. The van der Waals surface area contributed by atoms with Gasteiger partial charge in [-0.1, -0.05) is 0 Å². The van der Waals surface area contributed by atoms with E-state index in [0.717, 1.165) is 6.07 Å². The Hall–Kier alpha value is -0.970. The highest BCUT2D eigenvalue weighted by Crippen LogP contribution is 2.14. The van der Waals surface area contributed by atoms with Crippen LogP contribution in [-0.2, 0) is 10.8 Å². The molecule has 1 unspecified atom stereocenters. The van der Waals surface area contributed by atoms with E-state index in [1.807, 2.05) is 0 Å². The quantitative estimate of drug-likeness (QED) is 0.836. The van der Waals surface area contributed by atoms with Crippen LogP contribution < -0.4 is 5.32 Å². The van der Waals surface area contributed by atoms with Gasteiger partial charge in [-0.05, 0) is 12.1 Å². The van der Waals surface area contributed by atoms with Gasteiger partial charge in [0, 0.05) is 35.4 Å². The van der Waals surface area contributed by atoms with E-state index in [1.54, 1.807) is 6.26 Å². The topological polar surface area (TPSA) is 29.1 Å². The Morgan fingerprint density at radius 2 is 2.14 bits per heavy atom. The average Bonchev–Trinajstić information content (AvgIpc) is 2.08. The van der Waals surface area contributed by atoms with Crippen LogP contribution in [0.25, 0.3) is 0 Å². The number of nitrogens with one attached hydrogen (secondary N) is 1. The zero-order valence-electron chi connectivity index (χ0n) is 7.72. The molecule has 5 heteroatoms. The predicted molar refractivity (Wildman–Crippen MR) is 53.8 cm³/mol. The second-order valence-corrected chi connectivity index (χ2v) is 4.38. The first kappa shape index (κ1) is 11.1. The summed E-state index contributed by atoms with van der Waals surface area (Å²) in [5.41, 5.74) is 0.233. The highest BCUT2D eigenvalue weighted by atomic mass is 32.2. The highest BCUT2D eigenvalue weighted by Gasteiger charge is 2.02. The summed E-state index contributed by atoms with van der Waals surface area (Å²) in [6, 6.07) is 3.31. The summed E-state index contributed by atoms with van der Waals surface area (Å²) in [6.07, 6.45) is 1.57. The van der Waals surface area contributed by atoms with Gasteiger partial charge in [0.2, 0.25) is 0 Å². The van der Waals surface area contributed by atoms with Crippen LogP contribution in [0.1, 0.15) is 0 Å². The van der Waals surface area contributed by atoms with Crippen LogP contribution in [0.4, 0.5) is 14.5 Å². The molecule has 14 heavy (non-hydrogen) atoms. The third-order valence-corrected chi connectivity index (χ3v) is 2.42. The van der Waals surface area contributed by atoms with Gasteiger partial charge in [0.1, 0.15) is 11.6 Å². The van der Waals surface area contributed by atoms with Crippen LogP contribution in [0.5, 0.6) is 0 Å². The van der Waals surface area contributed by atoms with Gasteiger partial charge >= 0.3 is 0 Å². The standard InChI is InChI=1S/C9H11F2NOS/c1-14(13)5-4-12-9-3-2-7(10)6-8(9)11/h2-3,6,12H,4-5H2,1H3. The number of benzene rings is 1. The Kier molecular flexibility index (Phi) is 4.00. The molecular formula is C9H11F2NOS. The van der Waals surface area contributed by atoms with Gasteiger partial charge in [-0.15, -0.1) is 0 Å². The zero-order chi connectivity index (χ0) is 10.6. The molecule has 78 valence electrons. The fourth-order valence-electron chi connectivity index (χ4n) is 0.962. The van der Waals surface area contributed by atoms with E-state index < -0.39 is 22.4 Å². The lowest BCUT2D eigenvalue weighted by molar-refractivity contribution is 0.585. The van der Waals surface area contributed by atoms with Crippen molar-refractivity contribution < 1.29 is 13.0 Å². The SMILES string of the molecule is CS(=O)CCNc1ccc(F)cc1F. The van der Waals surface area contributed by atoms with Gasteiger partial charge in [0.15, 0.2) is 0 Å². The lowest BCUT2D eigenvalue weighted by Gasteiger charge is -2.05. The summed E-state index contributed by atoms with van der Waals surface area (Å²) < 4.78 is 36.2. The van der Waals surface area contributed by atoms with E-state index in [9.17, 15) is 13.0 Å². The number of anilines is 1. The molecule has 0 heterocycles. The maximum Gasteiger partial charge on any atom is 0.149 e. The van der Waals surface area contributed by atoms with Crippen LogP contribution >= 0.6 is 0 Å². The van der Waals surface area contributed by atoms with E-state index >= 15 is 0 Å². The molecule has 0 bridgehead atoms. The molecule has 0 saturated heterocycles. The molecule has 0 aromatic heterocycles. The summed E-state index contributed by atoms with van der Waals surface area (Å²) in [4.78, 5) is 0. The van der Waals surface area contributed by atoms with Gasteiger partial charge in [-0.25, -0.2) is 8.78 Å². The molecular weight excluding hydrogens is 208 g/mol. The van der Waals surface area contributed by atoms with Crippen LogP contribution in [0.3, 0.4) is 0 Å². The summed E-state index contributed by atoms with van der Waals surface area (Å²) in [5.74, 6) is -0.796. The largest absolute Gasteiger partial charge is 0.382 e. The van der Waals surface area contributed by atoms with E-state index in [2.05, 4.69) is 5.32 Å². The molecule has 1 N–H and O–H groups in total. The Bertz CT molecular complexity index is 344. The summed E-state index contributed by atoms with van der Waals surface area (Å²) in [6.45, 7) is 0.408. The Labute approximate surface area is 83.8 Å². The molecule has 0 aliphatic carbocycles. The molecule has 1 atom stereocenters. The van der Waals surface area contributed by atoms with Crippen molar-refractivity contribution in [1.29, 1.82) is 0 Å².